The fourth-order valence-electron chi connectivity index (χ4n) is 4.14. The summed E-state index contributed by atoms with van der Waals surface area (Å²) in [4.78, 5) is 41.3. The van der Waals surface area contributed by atoms with E-state index in [1.807, 2.05) is 80.6 Å². The molecule has 0 saturated heterocycles. The quantitative estimate of drug-likeness (QED) is 0.371. The van der Waals surface area contributed by atoms with Crippen molar-refractivity contribution in [3.63, 3.8) is 0 Å². The summed E-state index contributed by atoms with van der Waals surface area (Å²) < 4.78 is 5.27. The van der Waals surface area contributed by atoms with Crippen LogP contribution in [-0.2, 0) is 14.3 Å². The molecule has 3 aromatic rings. The number of aliphatic hydroxyl groups is 1. The molecule has 8 heteroatoms. The molecule has 0 bridgehead atoms. The second kappa shape index (κ2) is 12.6. The molecule has 0 radical (unpaired) electrons. The van der Waals surface area contributed by atoms with E-state index >= 15 is 0 Å². The van der Waals surface area contributed by atoms with E-state index in [-0.39, 0.29) is 6.54 Å². The lowest BCUT2D eigenvalue weighted by atomic mass is 10.0. The van der Waals surface area contributed by atoms with Crippen LogP contribution in [0.1, 0.15) is 51.3 Å². The van der Waals surface area contributed by atoms with Crippen molar-refractivity contribution in [2.45, 2.75) is 58.7 Å². The summed E-state index contributed by atoms with van der Waals surface area (Å²) in [5, 5.41) is 17.4. The Morgan fingerprint density at radius 2 is 1.63 bits per heavy atom. The number of fused-ring (bicyclic) bond motifs is 1. The van der Waals surface area contributed by atoms with Crippen LogP contribution in [0, 0.1) is 6.92 Å². The molecular formula is C30H37N3O5. The van der Waals surface area contributed by atoms with Crippen molar-refractivity contribution in [2.75, 3.05) is 18.5 Å². The predicted octanol–water partition coefficient (Wildman–Crippen LogP) is 4.95. The number of carbonyl (C=O) groups is 3. The van der Waals surface area contributed by atoms with Gasteiger partial charge in [-0.3, -0.25) is 9.59 Å². The molecule has 0 saturated carbocycles. The summed E-state index contributed by atoms with van der Waals surface area (Å²) in [7, 11) is 0. The van der Waals surface area contributed by atoms with Gasteiger partial charge in [0.05, 0.1) is 6.61 Å². The van der Waals surface area contributed by atoms with Gasteiger partial charge in [0.2, 0.25) is 5.91 Å². The first kappa shape index (κ1) is 28.7. The highest BCUT2D eigenvalue weighted by atomic mass is 16.6. The third-order valence-corrected chi connectivity index (χ3v) is 5.89. The van der Waals surface area contributed by atoms with Gasteiger partial charge in [-0.2, -0.15) is 0 Å². The van der Waals surface area contributed by atoms with Crippen molar-refractivity contribution in [1.82, 2.24) is 10.2 Å². The van der Waals surface area contributed by atoms with E-state index in [4.69, 9.17) is 4.74 Å². The molecule has 2 atom stereocenters. The number of rotatable bonds is 9. The van der Waals surface area contributed by atoms with Gasteiger partial charge in [-0.25, -0.2) is 4.79 Å². The number of ether oxygens (including phenoxy) is 1. The fourth-order valence-corrected chi connectivity index (χ4v) is 4.14. The van der Waals surface area contributed by atoms with E-state index in [0.717, 1.165) is 16.3 Å². The third-order valence-electron chi connectivity index (χ3n) is 5.89. The Bertz CT molecular complexity index is 1270. The zero-order chi connectivity index (χ0) is 27.9. The average Bonchev–Trinajstić information content (AvgIpc) is 2.86. The third kappa shape index (κ3) is 7.55. The van der Waals surface area contributed by atoms with Crippen LogP contribution >= 0.6 is 0 Å². The molecule has 3 aromatic carbocycles. The highest BCUT2D eigenvalue weighted by Gasteiger charge is 2.35. The average molecular weight is 520 g/mol. The molecule has 0 aliphatic rings. The monoisotopic (exact) mass is 519 g/mol. The summed E-state index contributed by atoms with van der Waals surface area (Å²) in [6, 6.07) is 18.6. The normalized spacial score (nSPS) is 12.9. The molecule has 3 N–H and O–H groups in total. The fraction of sp³-hybridized carbons (Fsp3) is 0.367. The molecule has 0 aliphatic heterocycles. The van der Waals surface area contributed by atoms with Gasteiger partial charge in [-0.15, -0.1) is 0 Å². The molecule has 3 rings (SSSR count). The van der Waals surface area contributed by atoms with Crippen LogP contribution in [0.4, 0.5) is 10.5 Å². The summed E-state index contributed by atoms with van der Waals surface area (Å²) in [5.41, 5.74) is 1.45. The Morgan fingerprint density at radius 1 is 0.974 bits per heavy atom. The van der Waals surface area contributed by atoms with Crippen LogP contribution in [0.5, 0.6) is 0 Å². The maximum atomic E-state index is 13.8. The van der Waals surface area contributed by atoms with E-state index in [0.29, 0.717) is 17.7 Å². The molecular weight excluding hydrogens is 482 g/mol. The number of anilines is 1. The zero-order valence-corrected chi connectivity index (χ0v) is 22.7. The molecule has 0 fully saturated rings. The Labute approximate surface area is 224 Å². The predicted molar refractivity (Wildman–Crippen MR) is 149 cm³/mol. The van der Waals surface area contributed by atoms with Crippen molar-refractivity contribution in [3.8, 4) is 0 Å². The van der Waals surface area contributed by atoms with E-state index in [2.05, 4.69) is 10.6 Å². The number of nitrogens with zero attached hydrogens (tertiary/aromatic N) is 1. The van der Waals surface area contributed by atoms with Crippen molar-refractivity contribution < 1.29 is 24.2 Å². The van der Waals surface area contributed by atoms with Crippen LogP contribution < -0.4 is 10.6 Å². The second-order valence-corrected chi connectivity index (χ2v) is 10.3. The maximum absolute atomic E-state index is 13.8. The maximum Gasteiger partial charge on any atom is 0.408 e. The first-order chi connectivity index (χ1) is 18.0. The number of hydrogen-bond acceptors (Lipinski definition) is 5. The Balaban J connectivity index is 1.95. The van der Waals surface area contributed by atoms with E-state index in [9.17, 15) is 19.5 Å². The van der Waals surface area contributed by atoms with Gasteiger partial charge < -0.3 is 25.4 Å². The minimum absolute atomic E-state index is 0.231. The lowest BCUT2D eigenvalue weighted by Gasteiger charge is -2.34. The summed E-state index contributed by atoms with van der Waals surface area (Å²) in [6.45, 7) is 8.53. The number of nitrogens with one attached hydrogen (secondary N) is 2. The first-order valence-corrected chi connectivity index (χ1v) is 12.8. The Hall–Kier alpha value is -3.91. The van der Waals surface area contributed by atoms with Crippen LogP contribution in [-0.4, -0.2) is 52.7 Å². The number of hydrogen-bond donors (Lipinski definition) is 3. The van der Waals surface area contributed by atoms with Crippen molar-refractivity contribution in [2.24, 2.45) is 0 Å². The topological polar surface area (TPSA) is 108 Å². The molecule has 202 valence electrons. The molecule has 0 spiro atoms. The van der Waals surface area contributed by atoms with Crippen molar-refractivity contribution in [3.05, 3.63) is 77.9 Å². The van der Waals surface area contributed by atoms with Gasteiger partial charge in [0, 0.05) is 12.2 Å². The SMILES string of the molecule is CCCN(C(=O)C(CO)NC(=O)OC(C)(C)C)C(C(=O)Nc1ccc2ccccc2c1)c1ccc(C)cc1. The minimum Gasteiger partial charge on any atom is -0.444 e. The molecule has 0 heterocycles. The molecule has 0 aromatic heterocycles. The molecule has 38 heavy (non-hydrogen) atoms. The van der Waals surface area contributed by atoms with E-state index in [1.54, 1.807) is 20.8 Å². The summed E-state index contributed by atoms with van der Waals surface area (Å²) in [6.07, 6.45) is -0.268. The molecule has 0 aliphatic carbocycles. The standard InChI is InChI=1S/C30H37N3O5/c1-6-17-33(28(36)25(19-34)32-29(37)38-30(3,4)5)26(22-13-11-20(2)12-14-22)27(35)31-24-16-15-21-9-7-8-10-23(21)18-24/h7-16,18,25-26,34H,6,17,19H2,1-5H3,(H,31,35)(H,32,37). The highest BCUT2D eigenvalue weighted by molar-refractivity contribution is 6.00. The second-order valence-electron chi connectivity index (χ2n) is 10.3. The van der Waals surface area contributed by atoms with Gasteiger partial charge in [-0.1, -0.05) is 67.1 Å². The van der Waals surface area contributed by atoms with Crippen LogP contribution in [0.2, 0.25) is 0 Å². The van der Waals surface area contributed by atoms with E-state index < -0.39 is 42.2 Å². The summed E-state index contributed by atoms with van der Waals surface area (Å²) in [5.74, 6) is -0.987. The largest absolute Gasteiger partial charge is 0.444 e. The number of aliphatic hydroxyl groups excluding tert-OH is 1. The van der Waals surface area contributed by atoms with E-state index in [1.165, 1.54) is 4.90 Å². The smallest absolute Gasteiger partial charge is 0.408 e. The lowest BCUT2D eigenvalue weighted by Crippen LogP contribution is -2.54. The van der Waals surface area contributed by atoms with Crippen molar-refractivity contribution >= 4 is 34.4 Å². The molecule has 3 amide bonds. The highest BCUT2D eigenvalue weighted by Crippen LogP contribution is 2.26. The Morgan fingerprint density at radius 3 is 2.24 bits per heavy atom. The zero-order valence-electron chi connectivity index (χ0n) is 22.7. The number of aryl methyl sites for hydroxylation is 1. The van der Waals surface area contributed by atoms with Crippen molar-refractivity contribution in [1.29, 1.82) is 0 Å². The van der Waals surface area contributed by atoms with Gasteiger partial charge in [-0.05, 0) is 62.6 Å². The lowest BCUT2D eigenvalue weighted by molar-refractivity contribution is -0.141. The first-order valence-electron chi connectivity index (χ1n) is 12.8. The minimum atomic E-state index is -1.28. The van der Waals surface area contributed by atoms with Crippen LogP contribution in [0.3, 0.4) is 0 Å². The van der Waals surface area contributed by atoms with Gasteiger partial charge in [0.15, 0.2) is 0 Å². The van der Waals surface area contributed by atoms with Crippen LogP contribution in [0.15, 0.2) is 66.7 Å². The number of alkyl carbamates (subject to hydrolysis) is 1. The van der Waals surface area contributed by atoms with Gasteiger partial charge in [0.1, 0.15) is 17.7 Å². The number of benzene rings is 3. The molecule has 8 nitrogen and oxygen atoms in total. The molecule has 2 unspecified atom stereocenters. The van der Waals surface area contributed by atoms with Gasteiger partial charge >= 0.3 is 6.09 Å². The van der Waals surface area contributed by atoms with Crippen LogP contribution in [0.25, 0.3) is 10.8 Å². The Kier molecular flexibility index (Phi) is 9.47. The van der Waals surface area contributed by atoms with Gasteiger partial charge in [0.25, 0.3) is 5.91 Å². The number of carbonyl (C=O) groups excluding carboxylic acids is 3. The summed E-state index contributed by atoms with van der Waals surface area (Å²) >= 11 is 0. The number of amides is 3.